The zero-order valence-corrected chi connectivity index (χ0v) is 13.8. The Morgan fingerprint density at radius 2 is 2.17 bits per heavy atom. The molecule has 3 rings (SSSR count). The first-order valence-electron chi connectivity index (χ1n) is 7.00. The van der Waals surface area contributed by atoms with Gasteiger partial charge >= 0.3 is 0 Å². The number of hydrogen-bond donors (Lipinski definition) is 1. The maximum Gasteiger partial charge on any atom is 0.259 e. The lowest BCUT2D eigenvalue weighted by Gasteiger charge is -2.02. The van der Waals surface area contributed by atoms with Crippen molar-refractivity contribution in [3.8, 4) is 17.1 Å². The highest BCUT2D eigenvalue weighted by Crippen LogP contribution is 2.25. The number of ether oxygens (including phenoxy) is 1. The van der Waals surface area contributed by atoms with Crippen LogP contribution in [0.25, 0.3) is 11.4 Å². The number of carbonyl (C=O) groups excluding carboxylic acids is 1. The average Bonchev–Trinajstić information content (AvgIpc) is 3.15. The highest BCUT2D eigenvalue weighted by Gasteiger charge is 2.14. The third kappa shape index (κ3) is 3.09. The van der Waals surface area contributed by atoms with Crippen LogP contribution in [0.15, 0.2) is 36.5 Å². The summed E-state index contributed by atoms with van der Waals surface area (Å²) in [7, 11) is 3.51. The minimum atomic E-state index is -0.184. The van der Waals surface area contributed by atoms with Crippen LogP contribution in [0.5, 0.6) is 5.75 Å². The zero-order chi connectivity index (χ0) is 16.4. The van der Waals surface area contributed by atoms with Gasteiger partial charge in [-0.1, -0.05) is 12.1 Å². The number of methoxy groups -OCH3 is 1. The number of amides is 1. The number of aromatic nitrogens is 3. The van der Waals surface area contributed by atoms with E-state index in [-0.39, 0.29) is 5.91 Å². The summed E-state index contributed by atoms with van der Waals surface area (Å²) in [4.78, 5) is 16.7. The van der Waals surface area contributed by atoms with Crippen molar-refractivity contribution < 1.29 is 9.53 Å². The molecule has 0 radical (unpaired) electrons. The van der Waals surface area contributed by atoms with E-state index in [9.17, 15) is 4.79 Å². The summed E-state index contributed by atoms with van der Waals surface area (Å²) in [6, 6.07) is 9.28. The molecule has 0 unspecified atom stereocenters. The van der Waals surface area contributed by atoms with Crippen LogP contribution in [0, 0.1) is 6.92 Å². The first kappa shape index (κ1) is 15.2. The van der Waals surface area contributed by atoms with Crippen LogP contribution >= 0.6 is 11.5 Å². The monoisotopic (exact) mass is 328 g/mol. The second-order valence-electron chi connectivity index (χ2n) is 5.03. The van der Waals surface area contributed by atoms with Crippen LogP contribution in [0.3, 0.4) is 0 Å². The van der Waals surface area contributed by atoms with Crippen LogP contribution in [0.2, 0.25) is 0 Å². The second kappa shape index (κ2) is 6.21. The first-order valence-corrected chi connectivity index (χ1v) is 7.77. The van der Waals surface area contributed by atoms with Crippen LogP contribution in [-0.4, -0.2) is 26.9 Å². The van der Waals surface area contributed by atoms with E-state index >= 15 is 0 Å². The van der Waals surface area contributed by atoms with Gasteiger partial charge in [0.05, 0.1) is 12.7 Å². The molecule has 2 heterocycles. The molecular weight excluding hydrogens is 312 g/mol. The number of hydrogen-bond acceptors (Lipinski definition) is 5. The molecule has 0 aliphatic heterocycles. The van der Waals surface area contributed by atoms with Gasteiger partial charge in [-0.3, -0.25) is 10.1 Å². The zero-order valence-electron chi connectivity index (χ0n) is 13.0. The lowest BCUT2D eigenvalue weighted by atomic mass is 10.2. The average molecular weight is 328 g/mol. The fraction of sp³-hybridized carbons (Fsp3) is 0.188. The van der Waals surface area contributed by atoms with Crippen molar-refractivity contribution in [1.29, 1.82) is 0 Å². The van der Waals surface area contributed by atoms with Crippen molar-refractivity contribution in [1.82, 2.24) is 13.9 Å². The molecule has 0 aliphatic carbocycles. The molecule has 1 N–H and O–H groups in total. The Bertz CT molecular complexity index is 853. The Kier molecular flexibility index (Phi) is 4.12. The molecule has 23 heavy (non-hydrogen) atoms. The Balaban J connectivity index is 1.79. The van der Waals surface area contributed by atoms with Crippen LogP contribution in [0.1, 0.15) is 16.1 Å². The standard InChI is InChI=1S/C16H16N4O2S/c1-10-13(7-8-20(10)2)15(21)18-16-17-14(19-23-16)11-5-4-6-12(9-11)22-3/h4-9H,1-3H3,(H,17,18,19,21). The summed E-state index contributed by atoms with van der Waals surface area (Å²) < 4.78 is 11.4. The van der Waals surface area contributed by atoms with Gasteiger partial charge in [0, 0.05) is 36.0 Å². The van der Waals surface area contributed by atoms with E-state index in [2.05, 4.69) is 14.7 Å². The van der Waals surface area contributed by atoms with E-state index in [1.54, 1.807) is 13.2 Å². The first-order chi connectivity index (χ1) is 11.1. The van der Waals surface area contributed by atoms with Crippen molar-refractivity contribution in [2.24, 2.45) is 7.05 Å². The molecule has 118 valence electrons. The topological polar surface area (TPSA) is 69.0 Å². The van der Waals surface area contributed by atoms with Gasteiger partial charge in [0.2, 0.25) is 5.13 Å². The molecule has 1 aromatic carbocycles. The smallest absolute Gasteiger partial charge is 0.259 e. The molecule has 0 spiro atoms. The number of aryl methyl sites for hydroxylation is 1. The van der Waals surface area contributed by atoms with Crippen molar-refractivity contribution in [3.05, 3.63) is 47.8 Å². The molecule has 1 amide bonds. The van der Waals surface area contributed by atoms with Gasteiger partial charge in [0.1, 0.15) is 5.75 Å². The lowest BCUT2D eigenvalue weighted by Crippen LogP contribution is -2.12. The second-order valence-corrected chi connectivity index (χ2v) is 5.79. The molecule has 0 aliphatic rings. The molecule has 0 fully saturated rings. The minimum absolute atomic E-state index is 0.184. The normalized spacial score (nSPS) is 10.6. The third-order valence-corrected chi connectivity index (χ3v) is 4.23. The highest BCUT2D eigenvalue weighted by atomic mass is 32.1. The third-order valence-electron chi connectivity index (χ3n) is 3.60. The van der Waals surface area contributed by atoms with Gasteiger partial charge in [0.15, 0.2) is 5.82 Å². The predicted molar refractivity (Wildman–Crippen MR) is 90.0 cm³/mol. The molecule has 2 aromatic heterocycles. The van der Waals surface area contributed by atoms with Crippen LogP contribution in [-0.2, 0) is 7.05 Å². The maximum atomic E-state index is 12.3. The Hall–Kier alpha value is -2.67. The fourth-order valence-electron chi connectivity index (χ4n) is 2.17. The van der Waals surface area contributed by atoms with Gasteiger partial charge in [-0.2, -0.15) is 9.36 Å². The Labute approximate surface area is 137 Å². The number of rotatable bonds is 4. The van der Waals surface area contributed by atoms with E-state index in [1.807, 2.05) is 49.0 Å². The largest absolute Gasteiger partial charge is 0.497 e. The van der Waals surface area contributed by atoms with E-state index in [0.29, 0.717) is 16.5 Å². The molecule has 3 aromatic rings. The van der Waals surface area contributed by atoms with Crippen molar-refractivity contribution in [3.63, 3.8) is 0 Å². The van der Waals surface area contributed by atoms with E-state index < -0.39 is 0 Å². The molecule has 0 saturated heterocycles. The molecular formula is C16H16N4O2S. The van der Waals surface area contributed by atoms with Gasteiger partial charge in [-0.25, -0.2) is 0 Å². The summed E-state index contributed by atoms with van der Waals surface area (Å²) in [6.07, 6.45) is 1.85. The molecule has 0 saturated carbocycles. The molecule has 7 heteroatoms. The van der Waals surface area contributed by atoms with E-state index in [1.165, 1.54) is 0 Å². The van der Waals surface area contributed by atoms with Crippen molar-refractivity contribution >= 4 is 22.6 Å². The summed E-state index contributed by atoms with van der Waals surface area (Å²) in [5.74, 6) is 1.12. The number of nitrogens with one attached hydrogen (secondary N) is 1. The summed E-state index contributed by atoms with van der Waals surface area (Å²) >= 11 is 1.15. The van der Waals surface area contributed by atoms with Crippen molar-refractivity contribution in [2.75, 3.05) is 12.4 Å². The maximum absolute atomic E-state index is 12.3. The van der Waals surface area contributed by atoms with Crippen LogP contribution < -0.4 is 10.1 Å². The molecule has 6 nitrogen and oxygen atoms in total. The van der Waals surface area contributed by atoms with E-state index in [0.717, 1.165) is 28.5 Å². The van der Waals surface area contributed by atoms with Gasteiger partial charge in [-0.15, -0.1) is 0 Å². The predicted octanol–water partition coefficient (Wildman–Crippen LogP) is 3.11. The quantitative estimate of drug-likeness (QED) is 0.799. The Morgan fingerprint density at radius 1 is 1.35 bits per heavy atom. The van der Waals surface area contributed by atoms with E-state index in [4.69, 9.17) is 4.74 Å². The minimum Gasteiger partial charge on any atom is -0.497 e. The highest BCUT2D eigenvalue weighted by molar-refractivity contribution is 7.10. The van der Waals surface area contributed by atoms with Gasteiger partial charge < -0.3 is 9.30 Å². The van der Waals surface area contributed by atoms with Crippen LogP contribution in [0.4, 0.5) is 5.13 Å². The SMILES string of the molecule is COc1cccc(-c2nsc(NC(=O)c3ccn(C)c3C)n2)c1. The molecule has 0 atom stereocenters. The summed E-state index contributed by atoms with van der Waals surface area (Å²) in [5, 5.41) is 3.26. The number of nitrogens with zero attached hydrogens (tertiary/aromatic N) is 3. The van der Waals surface area contributed by atoms with Crippen molar-refractivity contribution in [2.45, 2.75) is 6.92 Å². The lowest BCUT2D eigenvalue weighted by molar-refractivity contribution is 0.102. The Morgan fingerprint density at radius 3 is 2.87 bits per heavy atom. The summed E-state index contributed by atoms with van der Waals surface area (Å²) in [6.45, 7) is 1.90. The number of anilines is 1. The number of carbonyl (C=O) groups is 1. The fourth-order valence-corrected chi connectivity index (χ4v) is 2.75. The molecule has 0 bridgehead atoms. The van der Waals surface area contributed by atoms with Gasteiger partial charge in [0.25, 0.3) is 5.91 Å². The van der Waals surface area contributed by atoms with Gasteiger partial charge in [-0.05, 0) is 25.1 Å². The number of benzene rings is 1. The summed E-state index contributed by atoms with van der Waals surface area (Å²) in [5.41, 5.74) is 2.38.